The second-order valence-electron chi connectivity index (χ2n) is 4.42. The van der Waals surface area contributed by atoms with Gasteiger partial charge in [0.05, 0.1) is 5.92 Å². The Morgan fingerprint density at radius 2 is 2.00 bits per heavy atom. The monoisotopic (exact) mass is 200 g/mol. The van der Waals surface area contributed by atoms with Crippen molar-refractivity contribution >= 4 is 12.3 Å². The van der Waals surface area contributed by atoms with Crippen LogP contribution in [-0.4, -0.2) is 17.9 Å². The minimum Gasteiger partial charge on any atom is -0.460 e. The number of carbonyl (C=O) groups is 2. The summed E-state index contributed by atoms with van der Waals surface area (Å²) in [6.45, 7) is 7.47. The predicted octanol–water partition coefficient (Wildman–Crippen LogP) is 2.33. The van der Waals surface area contributed by atoms with Gasteiger partial charge in [-0.15, -0.1) is 0 Å². The quantitative estimate of drug-likeness (QED) is 0.505. The van der Waals surface area contributed by atoms with E-state index in [0.29, 0.717) is 6.42 Å². The molecule has 3 heteroatoms. The average Bonchev–Trinajstić information content (AvgIpc) is 2.01. The molecule has 0 spiro atoms. The highest BCUT2D eigenvalue weighted by Gasteiger charge is 2.23. The lowest BCUT2D eigenvalue weighted by atomic mass is 10.0. The number of hydrogen-bond acceptors (Lipinski definition) is 3. The van der Waals surface area contributed by atoms with E-state index in [1.807, 2.05) is 27.7 Å². The van der Waals surface area contributed by atoms with Gasteiger partial charge in [-0.25, -0.2) is 0 Å². The van der Waals surface area contributed by atoms with Gasteiger partial charge in [0, 0.05) is 6.42 Å². The Bertz CT molecular complexity index is 191. The largest absolute Gasteiger partial charge is 0.460 e. The minimum absolute atomic E-state index is 0.258. The highest BCUT2D eigenvalue weighted by molar-refractivity contribution is 5.75. The van der Waals surface area contributed by atoms with Crippen LogP contribution in [0.1, 0.15) is 47.0 Å². The van der Waals surface area contributed by atoms with Crippen molar-refractivity contribution < 1.29 is 14.3 Å². The van der Waals surface area contributed by atoms with Crippen LogP contribution in [0.15, 0.2) is 0 Å². The molecule has 1 unspecified atom stereocenters. The zero-order valence-electron chi connectivity index (χ0n) is 9.50. The molecule has 0 aromatic carbocycles. The number of ether oxygens (including phenoxy) is 1. The molecule has 0 saturated heterocycles. The van der Waals surface area contributed by atoms with Crippen LogP contribution in [0.5, 0.6) is 0 Å². The Morgan fingerprint density at radius 1 is 1.43 bits per heavy atom. The molecule has 14 heavy (non-hydrogen) atoms. The van der Waals surface area contributed by atoms with Gasteiger partial charge >= 0.3 is 5.97 Å². The van der Waals surface area contributed by atoms with Gasteiger partial charge in [0.1, 0.15) is 11.9 Å². The number of aldehydes is 1. The fraction of sp³-hybridized carbons (Fsp3) is 0.818. The fourth-order valence-electron chi connectivity index (χ4n) is 1.18. The molecule has 0 bridgehead atoms. The summed E-state index contributed by atoms with van der Waals surface area (Å²) in [4.78, 5) is 21.9. The van der Waals surface area contributed by atoms with E-state index in [1.54, 1.807) is 0 Å². The van der Waals surface area contributed by atoms with Crippen molar-refractivity contribution in [1.82, 2.24) is 0 Å². The SMILES string of the molecule is CCCC(CC=O)C(=O)OC(C)(C)C. The van der Waals surface area contributed by atoms with Crippen molar-refractivity contribution in [3.63, 3.8) is 0 Å². The number of hydrogen-bond donors (Lipinski definition) is 0. The first-order chi connectivity index (χ1) is 6.40. The van der Waals surface area contributed by atoms with Crippen LogP contribution in [0, 0.1) is 5.92 Å². The standard InChI is InChI=1S/C11H20O3/c1-5-6-9(7-8-12)10(13)14-11(2,3)4/h8-9H,5-7H2,1-4H3. The zero-order chi connectivity index (χ0) is 11.2. The highest BCUT2D eigenvalue weighted by atomic mass is 16.6. The lowest BCUT2D eigenvalue weighted by Gasteiger charge is -2.22. The summed E-state index contributed by atoms with van der Waals surface area (Å²) in [5.41, 5.74) is -0.466. The van der Waals surface area contributed by atoms with Gasteiger partial charge in [-0.3, -0.25) is 4.79 Å². The molecule has 0 radical (unpaired) electrons. The molecular formula is C11H20O3. The molecule has 0 aliphatic rings. The summed E-state index contributed by atoms with van der Waals surface area (Å²) in [6, 6.07) is 0. The molecule has 0 fully saturated rings. The van der Waals surface area contributed by atoms with Crippen molar-refractivity contribution in [2.75, 3.05) is 0 Å². The van der Waals surface area contributed by atoms with E-state index in [-0.39, 0.29) is 18.3 Å². The second-order valence-corrected chi connectivity index (χ2v) is 4.42. The molecule has 0 amide bonds. The third-order valence-electron chi connectivity index (χ3n) is 1.76. The van der Waals surface area contributed by atoms with Gasteiger partial charge in [0.15, 0.2) is 0 Å². The lowest BCUT2D eigenvalue weighted by Crippen LogP contribution is -2.29. The summed E-state index contributed by atoms with van der Waals surface area (Å²) >= 11 is 0. The van der Waals surface area contributed by atoms with Crippen LogP contribution in [0.25, 0.3) is 0 Å². The van der Waals surface area contributed by atoms with Gasteiger partial charge in [-0.2, -0.15) is 0 Å². The molecule has 0 heterocycles. The molecule has 82 valence electrons. The van der Waals surface area contributed by atoms with Gasteiger partial charge in [-0.05, 0) is 27.2 Å². The highest BCUT2D eigenvalue weighted by Crippen LogP contribution is 2.16. The Labute approximate surface area is 85.8 Å². The second kappa shape index (κ2) is 5.78. The molecule has 0 aliphatic heterocycles. The average molecular weight is 200 g/mol. The minimum atomic E-state index is -0.466. The van der Waals surface area contributed by atoms with E-state index in [4.69, 9.17) is 4.74 Å². The van der Waals surface area contributed by atoms with E-state index < -0.39 is 5.60 Å². The zero-order valence-corrected chi connectivity index (χ0v) is 9.50. The normalized spacial score (nSPS) is 13.4. The molecule has 1 atom stereocenters. The molecule has 0 saturated carbocycles. The number of carbonyl (C=O) groups excluding carboxylic acids is 2. The van der Waals surface area contributed by atoms with Gasteiger partial charge in [-0.1, -0.05) is 13.3 Å². The third-order valence-corrected chi connectivity index (χ3v) is 1.76. The van der Waals surface area contributed by atoms with Gasteiger partial charge < -0.3 is 9.53 Å². The smallest absolute Gasteiger partial charge is 0.309 e. The van der Waals surface area contributed by atoms with Crippen molar-refractivity contribution in [2.45, 2.75) is 52.6 Å². The molecule has 0 aromatic rings. The van der Waals surface area contributed by atoms with Crippen molar-refractivity contribution in [1.29, 1.82) is 0 Å². The van der Waals surface area contributed by atoms with Crippen LogP contribution < -0.4 is 0 Å². The first kappa shape index (κ1) is 13.1. The van der Waals surface area contributed by atoms with Gasteiger partial charge in [0.2, 0.25) is 0 Å². The molecular weight excluding hydrogens is 180 g/mol. The number of rotatable bonds is 5. The molecule has 0 rings (SSSR count). The van der Waals surface area contributed by atoms with Crippen LogP contribution in [0.2, 0.25) is 0 Å². The lowest BCUT2D eigenvalue weighted by molar-refractivity contribution is -0.160. The van der Waals surface area contributed by atoms with Crippen LogP contribution in [-0.2, 0) is 14.3 Å². The van der Waals surface area contributed by atoms with Crippen LogP contribution in [0.3, 0.4) is 0 Å². The van der Waals surface area contributed by atoms with Gasteiger partial charge in [0.25, 0.3) is 0 Å². The van der Waals surface area contributed by atoms with Crippen LogP contribution >= 0.6 is 0 Å². The van der Waals surface area contributed by atoms with E-state index in [9.17, 15) is 9.59 Å². The van der Waals surface area contributed by atoms with Crippen molar-refractivity contribution in [2.24, 2.45) is 5.92 Å². The number of esters is 1. The van der Waals surface area contributed by atoms with Crippen molar-refractivity contribution in [3.8, 4) is 0 Å². The Hall–Kier alpha value is -0.860. The summed E-state index contributed by atoms with van der Waals surface area (Å²) < 4.78 is 5.21. The van der Waals surface area contributed by atoms with Crippen molar-refractivity contribution in [3.05, 3.63) is 0 Å². The van der Waals surface area contributed by atoms with E-state index in [1.165, 1.54) is 0 Å². The van der Waals surface area contributed by atoms with E-state index in [2.05, 4.69) is 0 Å². The Morgan fingerprint density at radius 3 is 2.36 bits per heavy atom. The Balaban J connectivity index is 4.21. The molecule has 0 N–H and O–H groups in total. The topological polar surface area (TPSA) is 43.4 Å². The summed E-state index contributed by atoms with van der Waals surface area (Å²) in [7, 11) is 0. The summed E-state index contributed by atoms with van der Waals surface area (Å²) in [5, 5.41) is 0. The maximum absolute atomic E-state index is 11.6. The maximum atomic E-state index is 11.6. The first-order valence-electron chi connectivity index (χ1n) is 5.07. The van der Waals surface area contributed by atoms with Crippen LogP contribution in [0.4, 0.5) is 0 Å². The van der Waals surface area contributed by atoms with E-state index >= 15 is 0 Å². The molecule has 0 aliphatic carbocycles. The fourth-order valence-corrected chi connectivity index (χ4v) is 1.18. The maximum Gasteiger partial charge on any atom is 0.309 e. The molecule has 3 nitrogen and oxygen atoms in total. The Kier molecular flexibility index (Phi) is 5.43. The molecule has 0 aromatic heterocycles. The third kappa shape index (κ3) is 5.73. The van der Waals surface area contributed by atoms with E-state index in [0.717, 1.165) is 12.7 Å². The predicted molar refractivity (Wildman–Crippen MR) is 54.9 cm³/mol. The summed E-state index contributed by atoms with van der Waals surface area (Å²) in [5.74, 6) is -0.525. The first-order valence-corrected chi connectivity index (χ1v) is 5.07. The summed E-state index contributed by atoms with van der Waals surface area (Å²) in [6.07, 6.45) is 2.65.